The van der Waals surface area contributed by atoms with Gasteiger partial charge in [0.2, 0.25) is 5.91 Å². The van der Waals surface area contributed by atoms with E-state index < -0.39 is 0 Å². The van der Waals surface area contributed by atoms with Crippen molar-refractivity contribution in [2.75, 3.05) is 18.4 Å². The average Bonchev–Trinajstić information content (AvgIpc) is 3.08. The molecule has 5 rings (SSSR count). The number of nitrogens with one attached hydrogen (secondary N) is 1. The number of anilines is 1. The Balaban J connectivity index is 1.36. The Hall–Kier alpha value is -2.74. The third-order valence-electron chi connectivity index (χ3n) is 5.34. The number of imidazole rings is 1. The van der Waals surface area contributed by atoms with Crippen molar-refractivity contribution >= 4 is 34.6 Å². The summed E-state index contributed by atoms with van der Waals surface area (Å²) in [5.41, 5.74) is 2.45. The zero-order valence-electron chi connectivity index (χ0n) is 15.6. The number of thiazole rings is 1. The highest BCUT2D eigenvalue weighted by molar-refractivity contribution is 7.12. The number of amides is 2. The monoisotopic (exact) mass is 395 g/mol. The van der Waals surface area contributed by atoms with Crippen LogP contribution in [0.25, 0.3) is 16.9 Å². The van der Waals surface area contributed by atoms with E-state index in [1.165, 1.54) is 11.3 Å². The number of pyridine rings is 1. The number of carbonyl (C=O) groups excluding carboxylic acids is 2. The second-order valence-corrected chi connectivity index (χ2v) is 8.61. The highest BCUT2D eigenvalue weighted by atomic mass is 32.1. The van der Waals surface area contributed by atoms with Gasteiger partial charge in [0.25, 0.3) is 5.91 Å². The minimum atomic E-state index is 0.0226. The van der Waals surface area contributed by atoms with Crippen LogP contribution in [-0.2, 0) is 4.79 Å². The molecule has 1 unspecified atom stereocenters. The summed E-state index contributed by atoms with van der Waals surface area (Å²) >= 11 is 1.39. The third kappa shape index (κ3) is 3.28. The molecule has 0 spiro atoms. The average molecular weight is 395 g/mol. The lowest BCUT2D eigenvalue weighted by atomic mass is 10.2. The maximum Gasteiger partial charge on any atom is 0.282 e. The van der Waals surface area contributed by atoms with E-state index in [0.717, 1.165) is 49.3 Å². The molecule has 2 aliphatic rings. The second kappa shape index (κ2) is 6.70. The van der Waals surface area contributed by atoms with E-state index in [1.807, 2.05) is 39.2 Å². The molecule has 4 heterocycles. The van der Waals surface area contributed by atoms with E-state index in [9.17, 15) is 9.59 Å². The summed E-state index contributed by atoms with van der Waals surface area (Å²) in [7, 11) is 0. The van der Waals surface area contributed by atoms with Gasteiger partial charge < -0.3 is 14.6 Å². The summed E-state index contributed by atoms with van der Waals surface area (Å²) in [5.74, 6) is 1.33. The molecule has 0 aromatic carbocycles. The van der Waals surface area contributed by atoms with Crippen LogP contribution in [0.15, 0.2) is 29.9 Å². The number of likely N-dealkylation sites (tertiary alicyclic amines) is 1. The molecule has 1 aliphatic heterocycles. The Bertz CT molecular complexity index is 1070. The van der Waals surface area contributed by atoms with Gasteiger partial charge in [0.05, 0.1) is 11.9 Å². The highest BCUT2D eigenvalue weighted by Gasteiger charge is 2.30. The van der Waals surface area contributed by atoms with Crippen LogP contribution in [0.2, 0.25) is 0 Å². The van der Waals surface area contributed by atoms with Crippen LogP contribution >= 0.6 is 11.3 Å². The molecule has 2 amide bonds. The molecule has 1 saturated carbocycles. The van der Waals surface area contributed by atoms with Gasteiger partial charge in [-0.1, -0.05) is 6.92 Å². The van der Waals surface area contributed by atoms with E-state index >= 15 is 0 Å². The highest BCUT2D eigenvalue weighted by Crippen LogP contribution is 2.30. The molecule has 1 N–H and O–H groups in total. The van der Waals surface area contributed by atoms with Crippen molar-refractivity contribution in [3.8, 4) is 11.3 Å². The molecule has 3 aromatic rings. The van der Waals surface area contributed by atoms with E-state index in [4.69, 9.17) is 0 Å². The summed E-state index contributed by atoms with van der Waals surface area (Å²) in [6.45, 7) is 3.79. The first-order valence-electron chi connectivity index (χ1n) is 9.61. The largest absolute Gasteiger partial charge is 0.336 e. The number of aromatic nitrogens is 3. The Kier molecular flexibility index (Phi) is 4.16. The van der Waals surface area contributed by atoms with E-state index in [2.05, 4.69) is 22.2 Å². The van der Waals surface area contributed by atoms with Crippen LogP contribution in [0.3, 0.4) is 0 Å². The fraction of sp³-hybridized carbons (Fsp3) is 0.400. The van der Waals surface area contributed by atoms with Gasteiger partial charge in [-0.25, -0.2) is 9.97 Å². The van der Waals surface area contributed by atoms with E-state index in [1.54, 1.807) is 0 Å². The molecule has 144 valence electrons. The summed E-state index contributed by atoms with van der Waals surface area (Å²) in [5, 5.41) is 5.32. The van der Waals surface area contributed by atoms with Crippen molar-refractivity contribution in [2.24, 2.45) is 11.8 Å². The van der Waals surface area contributed by atoms with Crippen molar-refractivity contribution in [1.29, 1.82) is 0 Å². The smallest absolute Gasteiger partial charge is 0.282 e. The summed E-state index contributed by atoms with van der Waals surface area (Å²) in [6, 6.07) is 3.83. The molecule has 3 aromatic heterocycles. The van der Waals surface area contributed by atoms with Crippen LogP contribution in [0.5, 0.6) is 0 Å². The van der Waals surface area contributed by atoms with Gasteiger partial charge in [-0.2, -0.15) is 0 Å². The van der Waals surface area contributed by atoms with Crippen LogP contribution in [0.1, 0.15) is 36.0 Å². The lowest BCUT2D eigenvalue weighted by molar-refractivity contribution is -0.117. The Morgan fingerprint density at radius 3 is 2.79 bits per heavy atom. The van der Waals surface area contributed by atoms with Crippen LogP contribution < -0.4 is 5.32 Å². The van der Waals surface area contributed by atoms with Gasteiger partial charge in [-0.3, -0.25) is 9.59 Å². The lowest BCUT2D eigenvalue weighted by Crippen LogP contribution is -2.28. The fourth-order valence-electron chi connectivity index (χ4n) is 3.54. The number of carbonyl (C=O) groups is 2. The molecular weight excluding hydrogens is 374 g/mol. The fourth-order valence-corrected chi connectivity index (χ4v) is 4.33. The number of rotatable bonds is 4. The molecular formula is C20H21N5O2S. The van der Waals surface area contributed by atoms with Crippen molar-refractivity contribution in [3.05, 3.63) is 34.9 Å². The third-order valence-corrected chi connectivity index (χ3v) is 6.17. The van der Waals surface area contributed by atoms with Crippen LogP contribution in [-0.4, -0.2) is 44.2 Å². The molecule has 0 radical (unpaired) electrons. The van der Waals surface area contributed by atoms with Crippen molar-refractivity contribution in [1.82, 2.24) is 19.3 Å². The zero-order chi connectivity index (χ0) is 19.3. The Morgan fingerprint density at radius 1 is 1.18 bits per heavy atom. The van der Waals surface area contributed by atoms with Crippen LogP contribution in [0, 0.1) is 11.8 Å². The number of hydrogen-bond acceptors (Lipinski definition) is 5. The topological polar surface area (TPSA) is 79.6 Å². The standard InChI is InChI=1S/C20H21N5O2S/c1-12-6-7-24(8-12)20(27)19-21-15(11-28-19)14-4-5-17-22-16(10-25(17)9-14)23-18(26)13-2-3-13/h4-5,9-13H,2-3,6-8H2,1H3,(H,23,26). The van der Waals surface area contributed by atoms with E-state index in [-0.39, 0.29) is 17.7 Å². The molecule has 28 heavy (non-hydrogen) atoms. The van der Waals surface area contributed by atoms with Gasteiger partial charge in [-0.05, 0) is 37.3 Å². The molecule has 2 fully saturated rings. The number of hydrogen-bond donors (Lipinski definition) is 1. The maximum absolute atomic E-state index is 12.6. The van der Waals surface area contributed by atoms with Crippen molar-refractivity contribution in [2.45, 2.75) is 26.2 Å². The van der Waals surface area contributed by atoms with Crippen LogP contribution in [0.4, 0.5) is 5.82 Å². The second-order valence-electron chi connectivity index (χ2n) is 7.76. The van der Waals surface area contributed by atoms with Gasteiger partial charge in [0.1, 0.15) is 5.65 Å². The summed E-state index contributed by atoms with van der Waals surface area (Å²) < 4.78 is 1.88. The summed E-state index contributed by atoms with van der Waals surface area (Å²) in [6.07, 6.45) is 6.72. The maximum atomic E-state index is 12.6. The van der Waals surface area contributed by atoms with Gasteiger partial charge in [0.15, 0.2) is 10.8 Å². The molecule has 1 saturated heterocycles. The molecule has 8 heteroatoms. The SMILES string of the molecule is CC1CCN(C(=O)c2nc(-c3ccc4nc(NC(=O)C5CC5)cn4c3)cs2)C1. The first kappa shape index (κ1) is 17.4. The quantitative estimate of drug-likeness (QED) is 0.735. The first-order chi connectivity index (χ1) is 13.6. The zero-order valence-corrected chi connectivity index (χ0v) is 16.4. The lowest BCUT2D eigenvalue weighted by Gasteiger charge is -2.13. The minimum Gasteiger partial charge on any atom is -0.336 e. The molecule has 0 bridgehead atoms. The van der Waals surface area contributed by atoms with Gasteiger partial charge in [0, 0.05) is 36.1 Å². The van der Waals surface area contributed by atoms with Gasteiger partial charge >= 0.3 is 0 Å². The number of nitrogens with zero attached hydrogens (tertiary/aromatic N) is 4. The van der Waals surface area contributed by atoms with E-state index in [0.29, 0.717) is 16.7 Å². The van der Waals surface area contributed by atoms with Gasteiger partial charge in [-0.15, -0.1) is 11.3 Å². The first-order valence-corrected chi connectivity index (χ1v) is 10.5. The molecule has 7 nitrogen and oxygen atoms in total. The molecule has 1 atom stereocenters. The minimum absolute atomic E-state index is 0.0226. The predicted octanol–water partition coefficient (Wildman–Crippen LogP) is 3.29. The van der Waals surface area contributed by atoms with Crippen molar-refractivity contribution in [3.63, 3.8) is 0 Å². The number of fused-ring (bicyclic) bond motifs is 1. The Labute approximate surface area is 166 Å². The Morgan fingerprint density at radius 2 is 2.04 bits per heavy atom. The predicted molar refractivity (Wildman–Crippen MR) is 107 cm³/mol. The molecule has 1 aliphatic carbocycles. The van der Waals surface area contributed by atoms with Crippen molar-refractivity contribution < 1.29 is 9.59 Å². The normalized spacial score (nSPS) is 19.3. The summed E-state index contributed by atoms with van der Waals surface area (Å²) in [4.78, 5) is 35.5.